The molecule has 1 N–H and O–H groups in total. The van der Waals surface area contributed by atoms with Gasteiger partial charge >= 0.3 is 0 Å². The van der Waals surface area contributed by atoms with E-state index in [1.807, 2.05) is 32.0 Å². The molecule has 7 nitrogen and oxygen atoms in total. The summed E-state index contributed by atoms with van der Waals surface area (Å²) in [7, 11) is 0. The number of carbonyl (C=O) groups is 1. The van der Waals surface area contributed by atoms with E-state index in [1.54, 1.807) is 22.7 Å². The third kappa shape index (κ3) is 4.85. The number of fused-ring (bicyclic) bond motifs is 1. The fraction of sp³-hybridized carbons (Fsp3) is 0.217. The number of amides is 1. The molecule has 0 spiro atoms. The molecule has 0 saturated carbocycles. The molecule has 4 aromatic rings. The number of nitrogens with one attached hydrogen (secondary N) is 1. The van der Waals surface area contributed by atoms with Crippen molar-refractivity contribution in [1.29, 1.82) is 0 Å². The Bertz CT molecular complexity index is 1220. The normalized spacial score (nSPS) is 10.9. The highest BCUT2D eigenvalue weighted by Crippen LogP contribution is 2.20. The molecule has 31 heavy (non-hydrogen) atoms. The lowest BCUT2D eigenvalue weighted by Gasteiger charge is -2.11. The van der Waals surface area contributed by atoms with Crippen LogP contribution >= 0.6 is 0 Å². The molecule has 0 unspecified atom stereocenters. The van der Waals surface area contributed by atoms with Gasteiger partial charge < -0.3 is 10.1 Å². The molecule has 158 valence electrons. The molecular formula is C23H22FN5O2. The minimum atomic E-state index is -0.282. The van der Waals surface area contributed by atoms with E-state index in [9.17, 15) is 9.18 Å². The maximum atomic E-state index is 13.0. The first-order valence-corrected chi connectivity index (χ1v) is 9.92. The number of ether oxygens (including phenoxy) is 1. The summed E-state index contributed by atoms with van der Waals surface area (Å²) in [5, 5.41) is 7.08. The summed E-state index contributed by atoms with van der Waals surface area (Å²) in [5.74, 6) is 0.791. The Hall–Kier alpha value is -3.81. The van der Waals surface area contributed by atoms with Crippen molar-refractivity contribution in [3.05, 3.63) is 83.2 Å². The topological polar surface area (TPSA) is 81.4 Å². The predicted molar refractivity (Wildman–Crippen MR) is 114 cm³/mol. The van der Waals surface area contributed by atoms with Gasteiger partial charge in [0.2, 0.25) is 5.91 Å². The number of rotatable bonds is 7. The minimum Gasteiger partial charge on any atom is -0.489 e. The molecule has 0 radical (unpaired) electrons. The lowest BCUT2D eigenvalue weighted by atomic mass is 10.1. The minimum absolute atomic E-state index is 0.104. The van der Waals surface area contributed by atoms with Gasteiger partial charge in [0.05, 0.1) is 0 Å². The van der Waals surface area contributed by atoms with Crippen LogP contribution in [0.2, 0.25) is 0 Å². The molecule has 2 aromatic heterocycles. The Labute approximate surface area is 178 Å². The van der Waals surface area contributed by atoms with Gasteiger partial charge in [0.25, 0.3) is 5.78 Å². The second-order valence-corrected chi connectivity index (χ2v) is 7.22. The van der Waals surface area contributed by atoms with Crippen LogP contribution in [0.3, 0.4) is 0 Å². The van der Waals surface area contributed by atoms with Crippen molar-refractivity contribution in [1.82, 2.24) is 19.6 Å². The van der Waals surface area contributed by atoms with Gasteiger partial charge in [-0.25, -0.2) is 13.9 Å². The lowest BCUT2D eigenvalue weighted by molar-refractivity contribution is -0.116. The molecular weight excluding hydrogens is 397 g/mol. The van der Waals surface area contributed by atoms with E-state index in [0.29, 0.717) is 36.7 Å². The van der Waals surface area contributed by atoms with Crippen LogP contribution in [0.5, 0.6) is 5.75 Å². The van der Waals surface area contributed by atoms with Gasteiger partial charge in [0.15, 0.2) is 0 Å². The molecule has 0 atom stereocenters. The van der Waals surface area contributed by atoms with E-state index in [0.717, 1.165) is 22.5 Å². The molecule has 1 amide bonds. The maximum Gasteiger partial charge on any atom is 0.252 e. The smallest absolute Gasteiger partial charge is 0.252 e. The molecule has 8 heteroatoms. The van der Waals surface area contributed by atoms with Crippen molar-refractivity contribution in [2.45, 2.75) is 33.3 Å². The van der Waals surface area contributed by atoms with Crippen LogP contribution in [0.1, 0.15) is 28.9 Å². The Morgan fingerprint density at radius 1 is 1.16 bits per heavy atom. The molecule has 0 bridgehead atoms. The van der Waals surface area contributed by atoms with Crippen molar-refractivity contribution in [2.24, 2.45) is 0 Å². The third-order valence-corrected chi connectivity index (χ3v) is 5.03. The fourth-order valence-electron chi connectivity index (χ4n) is 3.39. The van der Waals surface area contributed by atoms with E-state index in [1.165, 1.54) is 18.5 Å². The summed E-state index contributed by atoms with van der Waals surface area (Å²) in [5.41, 5.74) is 4.29. The van der Waals surface area contributed by atoms with Crippen LogP contribution < -0.4 is 10.1 Å². The highest BCUT2D eigenvalue weighted by atomic mass is 19.1. The number of carbonyl (C=O) groups excluding carboxylic acids is 1. The van der Waals surface area contributed by atoms with Gasteiger partial charge in [-0.05, 0) is 55.7 Å². The molecule has 0 aliphatic carbocycles. The highest BCUT2D eigenvalue weighted by molar-refractivity contribution is 5.91. The van der Waals surface area contributed by atoms with Gasteiger partial charge in [0, 0.05) is 29.6 Å². The predicted octanol–water partition coefficient (Wildman–Crippen LogP) is 4.03. The van der Waals surface area contributed by atoms with Gasteiger partial charge in [-0.3, -0.25) is 4.79 Å². The fourth-order valence-corrected chi connectivity index (χ4v) is 3.39. The highest BCUT2D eigenvalue weighted by Gasteiger charge is 2.13. The number of hydrogen-bond donors (Lipinski definition) is 1. The average molecular weight is 419 g/mol. The zero-order valence-electron chi connectivity index (χ0n) is 17.3. The maximum absolute atomic E-state index is 13.0. The van der Waals surface area contributed by atoms with E-state index < -0.39 is 0 Å². The standard InChI is InChI=1S/C23H22FN5O2/c1-15-21(16(2)29-23(27-15)25-14-26-29)10-11-22(30)28-19-4-3-5-20(12-19)31-13-17-6-8-18(24)9-7-17/h3-9,12,14H,10-11,13H2,1-2H3,(H,28,30). The number of anilines is 1. The zero-order valence-corrected chi connectivity index (χ0v) is 17.3. The third-order valence-electron chi connectivity index (χ3n) is 5.03. The van der Waals surface area contributed by atoms with Crippen molar-refractivity contribution < 1.29 is 13.9 Å². The van der Waals surface area contributed by atoms with E-state index >= 15 is 0 Å². The summed E-state index contributed by atoms with van der Waals surface area (Å²) in [6, 6.07) is 13.3. The molecule has 4 rings (SSSR count). The molecule has 2 aromatic carbocycles. The Kier molecular flexibility index (Phi) is 5.88. The lowest BCUT2D eigenvalue weighted by Crippen LogP contribution is -2.14. The van der Waals surface area contributed by atoms with Gasteiger partial charge in [-0.15, -0.1) is 0 Å². The van der Waals surface area contributed by atoms with Gasteiger partial charge in [-0.2, -0.15) is 10.1 Å². The molecule has 2 heterocycles. The number of aryl methyl sites for hydroxylation is 2. The quantitative estimate of drug-likeness (QED) is 0.489. The van der Waals surface area contributed by atoms with Crippen LogP contribution in [0.15, 0.2) is 54.9 Å². The van der Waals surface area contributed by atoms with Gasteiger partial charge in [0.1, 0.15) is 24.5 Å². The molecule has 0 fully saturated rings. The molecule has 0 aliphatic heterocycles. The largest absolute Gasteiger partial charge is 0.489 e. The summed E-state index contributed by atoms with van der Waals surface area (Å²) in [6.45, 7) is 4.18. The Morgan fingerprint density at radius 3 is 2.77 bits per heavy atom. The average Bonchev–Trinajstić information content (AvgIpc) is 3.22. The van der Waals surface area contributed by atoms with E-state index in [4.69, 9.17) is 4.74 Å². The van der Waals surface area contributed by atoms with Crippen molar-refractivity contribution in [3.8, 4) is 5.75 Å². The van der Waals surface area contributed by atoms with Crippen LogP contribution in [-0.4, -0.2) is 25.5 Å². The second kappa shape index (κ2) is 8.91. The summed E-state index contributed by atoms with van der Waals surface area (Å²) >= 11 is 0. The van der Waals surface area contributed by atoms with Crippen molar-refractivity contribution in [3.63, 3.8) is 0 Å². The molecule has 0 aliphatic rings. The number of nitrogens with zero attached hydrogens (tertiary/aromatic N) is 4. The van der Waals surface area contributed by atoms with Crippen LogP contribution in [-0.2, 0) is 17.8 Å². The Morgan fingerprint density at radius 2 is 1.97 bits per heavy atom. The van der Waals surface area contributed by atoms with E-state index in [2.05, 4.69) is 20.4 Å². The van der Waals surface area contributed by atoms with Crippen LogP contribution in [0, 0.1) is 19.7 Å². The summed E-state index contributed by atoms with van der Waals surface area (Å²) in [6.07, 6.45) is 2.33. The first kappa shape index (κ1) is 20.5. The van der Waals surface area contributed by atoms with Crippen molar-refractivity contribution >= 4 is 17.4 Å². The number of aromatic nitrogens is 4. The Balaban J connectivity index is 1.35. The van der Waals surface area contributed by atoms with Gasteiger partial charge in [-0.1, -0.05) is 18.2 Å². The van der Waals surface area contributed by atoms with E-state index in [-0.39, 0.29) is 11.7 Å². The second-order valence-electron chi connectivity index (χ2n) is 7.22. The zero-order chi connectivity index (χ0) is 21.8. The first-order valence-electron chi connectivity index (χ1n) is 9.92. The first-order chi connectivity index (χ1) is 15.0. The molecule has 0 saturated heterocycles. The summed E-state index contributed by atoms with van der Waals surface area (Å²) < 4.78 is 20.4. The number of benzene rings is 2. The monoisotopic (exact) mass is 419 g/mol. The SMILES string of the molecule is Cc1nc2ncnn2c(C)c1CCC(=O)Nc1cccc(OCc2ccc(F)cc2)c1. The van der Waals surface area contributed by atoms with Crippen LogP contribution in [0.4, 0.5) is 10.1 Å². The van der Waals surface area contributed by atoms with Crippen molar-refractivity contribution in [2.75, 3.05) is 5.32 Å². The van der Waals surface area contributed by atoms with Crippen LogP contribution in [0.25, 0.3) is 5.78 Å². The number of halogens is 1. The number of hydrogen-bond acceptors (Lipinski definition) is 5. The summed E-state index contributed by atoms with van der Waals surface area (Å²) in [4.78, 5) is 21.1.